The summed E-state index contributed by atoms with van der Waals surface area (Å²) in [5.41, 5.74) is 0. The molecule has 3 heterocycles. The molecule has 3 aliphatic heterocycles. The Kier molecular flexibility index (Phi) is 1.87. The van der Waals surface area contributed by atoms with E-state index >= 15 is 0 Å². The van der Waals surface area contributed by atoms with Gasteiger partial charge in [-0.2, -0.15) is 0 Å². The lowest BCUT2D eigenvalue weighted by molar-refractivity contribution is -0.0672. The molecule has 0 spiro atoms. The summed E-state index contributed by atoms with van der Waals surface area (Å²) in [7, 11) is 0. The Morgan fingerprint density at radius 2 is 2.27 bits per heavy atom. The van der Waals surface area contributed by atoms with Crippen LogP contribution in [0.4, 0.5) is 0 Å². The number of rotatable bonds is 1. The van der Waals surface area contributed by atoms with Crippen molar-refractivity contribution in [2.24, 2.45) is 5.92 Å². The van der Waals surface area contributed by atoms with E-state index in [0.29, 0.717) is 12.0 Å². The fourth-order valence-electron chi connectivity index (χ4n) is 2.30. The molecule has 1 unspecified atom stereocenters. The summed E-state index contributed by atoms with van der Waals surface area (Å²) in [4.78, 5) is 2.20. The number of nitrogens with zero attached hydrogens (tertiary/aromatic N) is 1. The first-order chi connectivity index (χ1) is 5.31. The SMILES string of the molecule is OC[C@H]1C[C@@H]2CCN1C[C@H]2O. The third-order valence-corrected chi connectivity index (χ3v) is 3.05. The number of piperidine rings is 3. The Bertz CT molecular complexity index is 151. The van der Waals surface area contributed by atoms with Crippen molar-refractivity contribution in [2.45, 2.75) is 25.0 Å². The lowest BCUT2D eigenvalue weighted by Crippen LogP contribution is -2.56. The zero-order valence-corrected chi connectivity index (χ0v) is 6.61. The summed E-state index contributed by atoms with van der Waals surface area (Å²) in [6.45, 7) is 2.09. The summed E-state index contributed by atoms with van der Waals surface area (Å²) in [6, 6.07) is 0.331. The van der Waals surface area contributed by atoms with Gasteiger partial charge in [-0.15, -0.1) is 0 Å². The normalized spacial score (nSPS) is 49.6. The molecule has 11 heavy (non-hydrogen) atoms. The molecular weight excluding hydrogens is 142 g/mol. The van der Waals surface area contributed by atoms with Crippen molar-refractivity contribution in [2.75, 3.05) is 19.7 Å². The Balaban J connectivity index is 2.04. The predicted octanol–water partition coefficient (Wildman–Crippen LogP) is -0.566. The van der Waals surface area contributed by atoms with Crippen molar-refractivity contribution in [3.05, 3.63) is 0 Å². The second-order valence-electron chi connectivity index (χ2n) is 3.68. The second kappa shape index (κ2) is 2.73. The minimum atomic E-state index is -0.133. The van der Waals surface area contributed by atoms with E-state index < -0.39 is 0 Å². The summed E-state index contributed by atoms with van der Waals surface area (Å²) in [5, 5.41) is 18.5. The van der Waals surface area contributed by atoms with Crippen LogP contribution in [0, 0.1) is 5.92 Å². The average Bonchev–Trinajstić information content (AvgIpc) is 2.05. The molecule has 0 aromatic heterocycles. The first-order valence-electron chi connectivity index (χ1n) is 4.34. The minimum absolute atomic E-state index is 0.133. The molecule has 64 valence electrons. The Labute approximate surface area is 66.6 Å². The van der Waals surface area contributed by atoms with Crippen LogP contribution in [-0.2, 0) is 0 Å². The highest BCUT2D eigenvalue weighted by Crippen LogP contribution is 2.31. The molecule has 0 amide bonds. The predicted molar refractivity (Wildman–Crippen MR) is 41.2 cm³/mol. The van der Waals surface area contributed by atoms with Gasteiger partial charge < -0.3 is 10.2 Å². The molecule has 0 aliphatic carbocycles. The molecule has 2 N–H and O–H groups in total. The largest absolute Gasteiger partial charge is 0.395 e. The topological polar surface area (TPSA) is 43.7 Å². The summed E-state index contributed by atoms with van der Waals surface area (Å²) >= 11 is 0. The number of fused-ring (bicyclic) bond motifs is 3. The molecule has 3 nitrogen and oxygen atoms in total. The number of hydrogen-bond donors (Lipinski definition) is 2. The highest BCUT2D eigenvalue weighted by atomic mass is 16.3. The average molecular weight is 157 g/mol. The van der Waals surface area contributed by atoms with Crippen LogP contribution in [0.25, 0.3) is 0 Å². The fraction of sp³-hybridized carbons (Fsp3) is 1.00. The van der Waals surface area contributed by atoms with E-state index in [1.165, 1.54) is 0 Å². The molecule has 3 fully saturated rings. The van der Waals surface area contributed by atoms with Crippen LogP contribution < -0.4 is 0 Å². The highest BCUT2D eigenvalue weighted by Gasteiger charge is 2.38. The van der Waals surface area contributed by atoms with E-state index in [-0.39, 0.29) is 12.7 Å². The van der Waals surface area contributed by atoms with E-state index in [9.17, 15) is 5.11 Å². The molecule has 3 heteroatoms. The molecule has 0 aromatic rings. The smallest absolute Gasteiger partial charge is 0.0696 e. The van der Waals surface area contributed by atoms with Gasteiger partial charge in [-0.05, 0) is 25.3 Å². The van der Waals surface area contributed by atoms with Crippen LogP contribution in [0.1, 0.15) is 12.8 Å². The van der Waals surface area contributed by atoms with E-state index in [1.54, 1.807) is 0 Å². The van der Waals surface area contributed by atoms with Crippen molar-refractivity contribution in [3.8, 4) is 0 Å². The van der Waals surface area contributed by atoms with Gasteiger partial charge in [-0.3, -0.25) is 4.90 Å². The van der Waals surface area contributed by atoms with Crippen molar-refractivity contribution < 1.29 is 10.2 Å². The molecule has 3 aliphatic rings. The first kappa shape index (κ1) is 7.53. The van der Waals surface area contributed by atoms with Gasteiger partial charge in [0.25, 0.3) is 0 Å². The molecule has 2 bridgehead atoms. The summed E-state index contributed by atoms with van der Waals surface area (Å²) in [6.07, 6.45) is 1.96. The molecule has 0 saturated carbocycles. The van der Waals surface area contributed by atoms with Gasteiger partial charge in [0.1, 0.15) is 0 Å². The van der Waals surface area contributed by atoms with E-state index in [2.05, 4.69) is 4.90 Å². The van der Waals surface area contributed by atoms with E-state index in [1.807, 2.05) is 0 Å². The standard InChI is InChI=1S/C8H15NO2/c10-5-7-3-6-1-2-9(7)4-8(6)11/h6-8,10-11H,1-5H2/t6-,7+,8+/m0/s1. The molecule has 3 rings (SSSR count). The maximum Gasteiger partial charge on any atom is 0.0696 e. The zero-order chi connectivity index (χ0) is 7.84. The van der Waals surface area contributed by atoms with Gasteiger partial charge in [0.15, 0.2) is 0 Å². The lowest BCUT2D eigenvalue weighted by Gasteiger charge is -2.47. The quantitative estimate of drug-likeness (QED) is 0.536. The Morgan fingerprint density at radius 3 is 2.73 bits per heavy atom. The highest BCUT2D eigenvalue weighted by molar-refractivity contribution is 4.92. The first-order valence-corrected chi connectivity index (χ1v) is 4.34. The van der Waals surface area contributed by atoms with E-state index in [4.69, 9.17) is 5.11 Å². The van der Waals surface area contributed by atoms with Gasteiger partial charge >= 0.3 is 0 Å². The van der Waals surface area contributed by atoms with Gasteiger partial charge in [0, 0.05) is 12.6 Å². The van der Waals surface area contributed by atoms with Gasteiger partial charge in [-0.1, -0.05) is 0 Å². The third kappa shape index (κ3) is 1.17. The van der Waals surface area contributed by atoms with Gasteiger partial charge in [0.05, 0.1) is 12.7 Å². The molecule has 3 saturated heterocycles. The lowest BCUT2D eigenvalue weighted by atomic mass is 9.81. The van der Waals surface area contributed by atoms with Crippen LogP contribution in [-0.4, -0.2) is 47.0 Å². The van der Waals surface area contributed by atoms with Crippen LogP contribution in [0.15, 0.2) is 0 Å². The summed E-state index contributed by atoms with van der Waals surface area (Å²) in [5.74, 6) is 0.456. The minimum Gasteiger partial charge on any atom is -0.395 e. The van der Waals surface area contributed by atoms with Crippen molar-refractivity contribution in [1.82, 2.24) is 4.90 Å². The van der Waals surface area contributed by atoms with Crippen molar-refractivity contribution >= 4 is 0 Å². The number of aliphatic hydroxyl groups excluding tert-OH is 2. The maximum atomic E-state index is 9.49. The van der Waals surface area contributed by atoms with Crippen molar-refractivity contribution in [1.29, 1.82) is 0 Å². The number of hydrogen-bond acceptors (Lipinski definition) is 3. The molecule has 4 atom stereocenters. The van der Waals surface area contributed by atoms with Gasteiger partial charge in [0.2, 0.25) is 0 Å². The van der Waals surface area contributed by atoms with E-state index in [0.717, 1.165) is 25.9 Å². The number of aliphatic hydroxyl groups is 2. The third-order valence-electron chi connectivity index (χ3n) is 3.05. The maximum absolute atomic E-state index is 9.49. The van der Waals surface area contributed by atoms with Crippen LogP contribution >= 0.6 is 0 Å². The van der Waals surface area contributed by atoms with Crippen LogP contribution in [0.2, 0.25) is 0 Å². The van der Waals surface area contributed by atoms with Crippen LogP contribution in [0.3, 0.4) is 0 Å². The van der Waals surface area contributed by atoms with Crippen LogP contribution in [0.5, 0.6) is 0 Å². The molecular formula is C8H15NO2. The Hall–Kier alpha value is -0.120. The van der Waals surface area contributed by atoms with Gasteiger partial charge in [-0.25, -0.2) is 0 Å². The summed E-state index contributed by atoms with van der Waals surface area (Å²) < 4.78 is 0. The molecule has 0 radical (unpaired) electrons. The molecule has 0 aromatic carbocycles. The monoisotopic (exact) mass is 157 g/mol. The fourth-order valence-corrected chi connectivity index (χ4v) is 2.30. The zero-order valence-electron chi connectivity index (χ0n) is 6.61. The van der Waals surface area contributed by atoms with Crippen molar-refractivity contribution in [3.63, 3.8) is 0 Å². The Morgan fingerprint density at radius 1 is 1.45 bits per heavy atom. The second-order valence-corrected chi connectivity index (χ2v) is 3.68.